The fourth-order valence-electron chi connectivity index (χ4n) is 1.61. The Morgan fingerprint density at radius 1 is 1.28 bits per heavy atom. The lowest BCUT2D eigenvalue weighted by atomic mass is 10.2. The van der Waals surface area contributed by atoms with Crippen molar-refractivity contribution in [2.75, 3.05) is 5.73 Å². The zero-order valence-corrected chi connectivity index (χ0v) is 11.5. The zero-order chi connectivity index (χ0) is 13.3. The molecular weight excluding hydrogens is 271 g/mol. The lowest BCUT2D eigenvalue weighted by molar-refractivity contribution is 0.976. The van der Waals surface area contributed by atoms with Crippen LogP contribution in [-0.4, -0.2) is 15.0 Å². The smallest absolute Gasteiger partial charge is 0.181 e. The van der Waals surface area contributed by atoms with E-state index in [2.05, 4.69) is 15.0 Å². The van der Waals surface area contributed by atoms with Gasteiger partial charge in [-0.1, -0.05) is 30.1 Å². The van der Waals surface area contributed by atoms with Crippen molar-refractivity contribution in [1.82, 2.24) is 15.0 Å². The summed E-state index contributed by atoms with van der Waals surface area (Å²) in [7, 11) is 0. The van der Waals surface area contributed by atoms with Gasteiger partial charge in [0.1, 0.15) is 11.5 Å². The zero-order valence-electron chi connectivity index (χ0n) is 10.0. The third-order valence-electron chi connectivity index (χ3n) is 2.64. The minimum Gasteiger partial charge on any atom is -0.383 e. The van der Waals surface area contributed by atoms with Crippen LogP contribution in [0.25, 0.3) is 11.5 Å². The first-order chi connectivity index (χ1) is 8.52. The minimum absolute atomic E-state index is 0.410. The number of rotatable bonds is 2. The average Bonchev–Trinajstić information content (AvgIpc) is 2.32. The van der Waals surface area contributed by atoms with Crippen LogP contribution in [0, 0.1) is 6.92 Å². The Morgan fingerprint density at radius 3 is 2.61 bits per heavy atom. The normalized spacial score (nSPS) is 10.7. The molecule has 0 unspecified atom stereocenters. The number of nitrogen functional groups attached to an aromatic ring is 1. The molecule has 6 heteroatoms. The van der Waals surface area contributed by atoms with E-state index in [-0.39, 0.29) is 0 Å². The molecule has 0 bridgehead atoms. The fraction of sp³-hybridized carbons (Fsp3) is 0.250. The molecule has 4 nitrogen and oxygen atoms in total. The molecule has 0 aliphatic rings. The van der Waals surface area contributed by atoms with Crippen LogP contribution in [0.1, 0.15) is 18.2 Å². The molecule has 0 fully saturated rings. The number of anilines is 1. The summed E-state index contributed by atoms with van der Waals surface area (Å²) in [6.45, 7) is 3.91. The molecule has 2 N–H and O–H groups in total. The van der Waals surface area contributed by atoms with Crippen molar-refractivity contribution in [2.24, 2.45) is 0 Å². The van der Waals surface area contributed by atoms with Crippen LogP contribution >= 0.6 is 23.2 Å². The summed E-state index contributed by atoms with van der Waals surface area (Å²) in [5, 5.41) is 0.882. The maximum absolute atomic E-state index is 6.08. The Hall–Kier alpha value is -1.39. The predicted octanol–water partition coefficient (Wildman–Crippen LogP) is 3.30. The van der Waals surface area contributed by atoms with Gasteiger partial charge in [-0.15, -0.1) is 0 Å². The third kappa shape index (κ3) is 2.40. The third-order valence-corrected chi connectivity index (χ3v) is 3.13. The van der Waals surface area contributed by atoms with E-state index in [0.29, 0.717) is 27.4 Å². The second-order valence-electron chi connectivity index (χ2n) is 3.84. The van der Waals surface area contributed by atoms with Crippen molar-refractivity contribution in [3.63, 3.8) is 0 Å². The highest BCUT2D eigenvalue weighted by atomic mass is 35.5. The van der Waals surface area contributed by atoms with Crippen LogP contribution in [0.4, 0.5) is 5.82 Å². The van der Waals surface area contributed by atoms with Gasteiger partial charge in [0.2, 0.25) is 0 Å². The Bertz CT molecular complexity index is 599. The van der Waals surface area contributed by atoms with E-state index < -0.39 is 0 Å². The highest BCUT2D eigenvalue weighted by Crippen LogP contribution is 2.27. The molecule has 0 aliphatic carbocycles. The summed E-state index contributed by atoms with van der Waals surface area (Å²) in [4.78, 5) is 12.8. The molecule has 2 rings (SSSR count). The molecule has 94 valence electrons. The molecule has 2 aromatic rings. The minimum atomic E-state index is 0.410. The number of nitrogens with two attached hydrogens (primary N) is 1. The van der Waals surface area contributed by atoms with Crippen LogP contribution in [0.15, 0.2) is 12.3 Å². The van der Waals surface area contributed by atoms with Gasteiger partial charge in [0.15, 0.2) is 5.82 Å². The molecule has 0 amide bonds. The second kappa shape index (κ2) is 5.08. The largest absolute Gasteiger partial charge is 0.383 e. The molecule has 0 atom stereocenters. The monoisotopic (exact) mass is 282 g/mol. The van der Waals surface area contributed by atoms with E-state index in [1.165, 1.54) is 6.20 Å². The molecular formula is C12H12Cl2N4. The Balaban J connectivity index is 2.60. The first-order valence-corrected chi connectivity index (χ1v) is 6.23. The summed E-state index contributed by atoms with van der Waals surface area (Å²) < 4.78 is 0. The van der Waals surface area contributed by atoms with Gasteiger partial charge in [-0.05, 0) is 19.4 Å². The Kier molecular flexibility index (Phi) is 3.68. The summed E-state index contributed by atoms with van der Waals surface area (Å²) in [6.07, 6.45) is 2.28. The standard InChI is InChI=1S/C12H12Cl2N4/c1-3-9-6(2)11(15)18-12(17-9)10-8(14)4-7(13)5-16-10/h4-5H,3H2,1-2H3,(H2,15,17,18). The van der Waals surface area contributed by atoms with Crippen molar-refractivity contribution < 1.29 is 0 Å². The summed E-state index contributed by atoms with van der Waals surface area (Å²) in [5.41, 5.74) is 8.14. The lowest BCUT2D eigenvalue weighted by Gasteiger charge is -2.09. The fourth-order valence-corrected chi connectivity index (χ4v) is 2.08. The van der Waals surface area contributed by atoms with Gasteiger partial charge in [-0.2, -0.15) is 0 Å². The molecule has 0 spiro atoms. The number of pyridine rings is 1. The topological polar surface area (TPSA) is 64.7 Å². The van der Waals surface area contributed by atoms with Gasteiger partial charge in [0.05, 0.1) is 10.0 Å². The van der Waals surface area contributed by atoms with E-state index in [1.807, 2.05) is 13.8 Å². The maximum Gasteiger partial charge on any atom is 0.181 e. The van der Waals surface area contributed by atoms with Crippen molar-refractivity contribution in [3.05, 3.63) is 33.6 Å². The first kappa shape index (κ1) is 13.1. The number of aryl methyl sites for hydroxylation is 1. The van der Waals surface area contributed by atoms with E-state index in [0.717, 1.165) is 17.7 Å². The van der Waals surface area contributed by atoms with E-state index in [9.17, 15) is 0 Å². The van der Waals surface area contributed by atoms with E-state index >= 15 is 0 Å². The number of hydrogen-bond acceptors (Lipinski definition) is 4. The molecule has 0 aliphatic heterocycles. The first-order valence-electron chi connectivity index (χ1n) is 5.47. The molecule has 0 aromatic carbocycles. The van der Waals surface area contributed by atoms with Crippen molar-refractivity contribution in [2.45, 2.75) is 20.3 Å². The van der Waals surface area contributed by atoms with Crippen molar-refractivity contribution in [1.29, 1.82) is 0 Å². The van der Waals surface area contributed by atoms with Crippen LogP contribution in [-0.2, 0) is 6.42 Å². The van der Waals surface area contributed by atoms with Crippen molar-refractivity contribution >= 4 is 29.0 Å². The average molecular weight is 283 g/mol. The quantitative estimate of drug-likeness (QED) is 0.918. The van der Waals surface area contributed by atoms with Gasteiger partial charge >= 0.3 is 0 Å². The molecule has 18 heavy (non-hydrogen) atoms. The van der Waals surface area contributed by atoms with Crippen LogP contribution in [0.2, 0.25) is 10.0 Å². The number of hydrogen-bond donors (Lipinski definition) is 1. The van der Waals surface area contributed by atoms with Crippen LogP contribution in [0.5, 0.6) is 0 Å². The van der Waals surface area contributed by atoms with E-state index in [4.69, 9.17) is 28.9 Å². The summed E-state index contributed by atoms with van der Waals surface area (Å²) in [6, 6.07) is 1.61. The number of nitrogens with zero attached hydrogens (tertiary/aromatic N) is 3. The Labute approximate surface area is 115 Å². The highest BCUT2D eigenvalue weighted by molar-refractivity contribution is 6.35. The predicted molar refractivity (Wildman–Crippen MR) is 73.8 cm³/mol. The summed E-state index contributed by atoms with van der Waals surface area (Å²) in [5.74, 6) is 0.876. The van der Waals surface area contributed by atoms with Gasteiger partial charge in [0, 0.05) is 17.5 Å². The highest BCUT2D eigenvalue weighted by Gasteiger charge is 2.13. The van der Waals surface area contributed by atoms with Gasteiger partial charge < -0.3 is 5.73 Å². The molecule has 0 saturated heterocycles. The second-order valence-corrected chi connectivity index (χ2v) is 4.69. The molecule has 2 aromatic heterocycles. The van der Waals surface area contributed by atoms with Crippen LogP contribution < -0.4 is 5.73 Å². The molecule has 0 saturated carbocycles. The van der Waals surface area contributed by atoms with Crippen molar-refractivity contribution in [3.8, 4) is 11.5 Å². The van der Waals surface area contributed by atoms with Gasteiger partial charge in [0.25, 0.3) is 0 Å². The van der Waals surface area contributed by atoms with Gasteiger partial charge in [-0.3, -0.25) is 0 Å². The number of aromatic nitrogens is 3. The SMILES string of the molecule is CCc1nc(-c2ncc(Cl)cc2Cl)nc(N)c1C. The van der Waals surface area contributed by atoms with Crippen LogP contribution in [0.3, 0.4) is 0 Å². The Morgan fingerprint density at radius 2 is 2.00 bits per heavy atom. The number of halogens is 2. The molecule has 0 radical (unpaired) electrons. The van der Waals surface area contributed by atoms with E-state index in [1.54, 1.807) is 6.07 Å². The summed E-state index contributed by atoms with van der Waals surface area (Å²) >= 11 is 11.9. The molecule has 2 heterocycles. The maximum atomic E-state index is 6.08. The van der Waals surface area contributed by atoms with Gasteiger partial charge in [-0.25, -0.2) is 15.0 Å². The lowest BCUT2D eigenvalue weighted by Crippen LogP contribution is -2.05.